The van der Waals surface area contributed by atoms with Crippen LogP contribution in [-0.4, -0.2) is 30.9 Å². The Morgan fingerprint density at radius 3 is 2.64 bits per heavy atom. The van der Waals surface area contributed by atoms with Crippen molar-refractivity contribution < 1.29 is 14.3 Å². The molecule has 1 heterocycles. The fourth-order valence-corrected chi connectivity index (χ4v) is 2.65. The van der Waals surface area contributed by atoms with Crippen molar-refractivity contribution in [3.05, 3.63) is 59.8 Å². The van der Waals surface area contributed by atoms with E-state index in [4.69, 9.17) is 9.47 Å². The van der Waals surface area contributed by atoms with Gasteiger partial charge in [-0.2, -0.15) is 5.10 Å². The predicted octanol–water partition coefficient (Wildman–Crippen LogP) is 2.96. The first-order valence-corrected chi connectivity index (χ1v) is 7.74. The van der Waals surface area contributed by atoms with Gasteiger partial charge in [-0.15, -0.1) is 0 Å². The van der Waals surface area contributed by atoms with Crippen LogP contribution in [0.15, 0.2) is 53.6 Å². The molecule has 0 saturated heterocycles. The Morgan fingerprint density at radius 1 is 1.12 bits per heavy atom. The number of aryl methyl sites for hydroxylation is 1. The number of ether oxygens (including phenoxy) is 2. The zero-order valence-electron chi connectivity index (χ0n) is 14.3. The molecule has 0 unspecified atom stereocenters. The minimum Gasteiger partial charge on any atom is -0.497 e. The van der Waals surface area contributed by atoms with Crippen molar-refractivity contribution in [2.45, 2.75) is 0 Å². The average Bonchev–Trinajstić information content (AvgIpc) is 2.99. The van der Waals surface area contributed by atoms with Crippen molar-refractivity contribution in [2.24, 2.45) is 12.1 Å². The molecule has 2 aromatic carbocycles. The number of carbonyl (C=O) groups excluding carboxylic acids is 1. The lowest BCUT2D eigenvalue weighted by atomic mass is 10.2. The summed E-state index contributed by atoms with van der Waals surface area (Å²) in [6.07, 6.45) is 1.54. The maximum absolute atomic E-state index is 12.4. The molecule has 25 heavy (non-hydrogen) atoms. The highest BCUT2D eigenvalue weighted by Gasteiger charge is 2.12. The normalized spacial score (nSPS) is 11.0. The SMILES string of the molecule is COc1ccc(/C=N/NC(=O)c2cc3ccccc3n2C)c(OC)c1. The van der Waals surface area contributed by atoms with Crippen LogP contribution in [-0.2, 0) is 7.05 Å². The molecule has 0 aliphatic carbocycles. The van der Waals surface area contributed by atoms with Gasteiger partial charge >= 0.3 is 0 Å². The third-order valence-electron chi connectivity index (χ3n) is 3.99. The van der Waals surface area contributed by atoms with Gasteiger partial charge in [0.25, 0.3) is 5.91 Å². The maximum Gasteiger partial charge on any atom is 0.287 e. The van der Waals surface area contributed by atoms with Gasteiger partial charge in [0.15, 0.2) is 0 Å². The third kappa shape index (κ3) is 3.33. The Morgan fingerprint density at radius 2 is 1.92 bits per heavy atom. The molecule has 128 valence electrons. The van der Waals surface area contributed by atoms with Gasteiger partial charge in [0.1, 0.15) is 17.2 Å². The molecule has 1 amide bonds. The van der Waals surface area contributed by atoms with E-state index in [1.165, 1.54) is 0 Å². The fourth-order valence-electron chi connectivity index (χ4n) is 2.65. The van der Waals surface area contributed by atoms with Gasteiger partial charge in [0, 0.05) is 29.6 Å². The number of methoxy groups -OCH3 is 2. The minimum absolute atomic E-state index is 0.276. The molecule has 0 saturated carbocycles. The molecule has 3 aromatic rings. The molecule has 1 N–H and O–H groups in total. The Bertz CT molecular complexity index is 944. The standard InChI is InChI=1S/C19H19N3O3/c1-22-16-7-5-4-6-13(16)10-17(22)19(23)21-20-12-14-8-9-15(24-2)11-18(14)25-3/h4-12H,1-3H3,(H,21,23)/b20-12+. The highest BCUT2D eigenvalue weighted by Crippen LogP contribution is 2.23. The number of fused-ring (bicyclic) bond motifs is 1. The number of rotatable bonds is 5. The molecule has 0 fully saturated rings. The highest BCUT2D eigenvalue weighted by atomic mass is 16.5. The summed E-state index contributed by atoms with van der Waals surface area (Å²) in [5.74, 6) is 1.03. The van der Waals surface area contributed by atoms with Crippen molar-refractivity contribution in [3.8, 4) is 11.5 Å². The molecule has 1 aromatic heterocycles. The van der Waals surface area contributed by atoms with E-state index < -0.39 is 0 Å². The van der Waals surface area contributed by atoms with E-state index in [2.05, 4.69) is 10.5 Å². The van der Waals surface area contributed by atoms with Gasteiger partial charge in [-0.1, -0.05) is 18.2 Å². The average molecular weight is 337 g/mol. The van der Waals surface area contributed by atoms with Crippen LogP contribution in [0.3, 0.4) is 0 Å². The number of amides is 1. The topological polar surface area (TPSA) is 64.8 Å². The first kappa shape index (κ1) is 16.6. The molecule has 0 radical (unpaired) electrons. The van der Waals surface area contributed by atoms with Crippen LogP contribution in [0.5, 0.6) is 11.5 Å². The Labute approximate surface area is 145 Å². The molecule has 0 bridgehead atoms. The van der Waals surface area contributed by atoms with Crippen LogP contribution < -0.4 is 14.9 Å². The van der Waals surface area contributed by atoms with Gasteiger partial charge < -0.3 is 14.0 Å². The van der Waals surface area contributed by atoms with Crippen molar-refractivity contribution in [3.63, 3.8) is 0 Å². The molecule has 6 nitrogen and oxygen atoms in total. The van der Waals surface area contributed by atoms with Crippen LogP contribution in [0.4, 0.5) is 0 Å². The van der Waals surface area contributed by atoms with E-state index in [-0.39, 0.29) is 5.91 Å². The van der Waals surface area contributed by atoms with Gasteiger partial charge in [-0.05, 0) is 24.3 Å². The van der Waals surface area contributed by atoms with E-state index in [1.807, 2.05) is 48.0 Å². The Balaban J connectivity index is 1.77. The quantitative estimate of drug-likeness (QED) is 0.575. The number of hydrogen-bond donors (Lipinski definition) is 1. The summed E-state index contributed by atoms with van der Waals surface area (Å²) >= 11 is 0. The van der Waals surface area contributed by atoms with Gasteiger partial charge in [-0.25, -0.2) is 5.43 Å². The van der Waals surface area contributed by atoms with Gasteiger partial charge in [0.05, 0.1) is 20.4 Å². The van der Waals surface area contributed by atoms with Crippen LogP contribution in [0, 0.1) is 0 Å². The van der Waals surface area contributed by atoms with E-state index in [0.717, 1.165) is 16.5 Å². The largest absolute Gasteiger partial charge is 0.497 e. The van der Waals surface area contributed by atoms with Crippen LogP contribution in [0.1, 0.15) is 16.1 Å². The number of benzene rings is 2. The van der Waals surface area contributed by atoms with Crippen LogP contribution >= 0.6 is 0 Å². The fraction of sp³-hybridized carbons (Fsp3) is 0.158. The summed E-state index contributed by atoms with van der Waals surface area (Å²) < 4.78 is 12.3. The second kappa shape index (κ2) is 7.09. The first-order valence-electron chi connectivity index (χ1n) is 7.74. The zero-order valence-corrected chi connectivity index (χ0v) is 14.3. The van der Waals surface area contributed by atoms with E-state index >= 15 is 0 Å². The number of nitrogens with zero attached hydrogens (tertiary/aromatic N) is 2. The number of para-hydroxylation sites is 1. The summed E-state index contributed by atoms with van der Waals surface area (Å²) in [6, 6.07) is 15.0. The summed E-state index contributed by atoms with van der Waals surface area (Å²) in [7, 11) is 5.01. The third-order valence-corrected chi connectivity index (χ3v) is 3.99. The second-order valence-corrected chi connectivity index (χ2v) is 5.45. The minimum atomic E-state index is -0.276. The van der Waals surface area contributed by atoms with E-state index in [9.17, 15) is 4.79 Å². The predicted molar refractivity (Wildman–Crippen MR) is 97.5 cm³/mol. The summed E-state index contributed by atoms with van der Waals surface area (Å²) in [6.45, 7) is 0. The monoisotopic (exact) mass is 337 g/mol. The lowest BCUT2D eigenvalue weighted by Gasteiger charge is -2.07. The Kier molecular flexibility index (Phi) is 4.70. The molecule has 0 aliphatic rings. The van der Waals surface area contributed by atoms with Gasteiger partial charge in [0.2, 0.25) is 0 Å². The second-order valence-electron chi connectivity index (χ2n) is 5.45. The highest BCUT2D eigenvalue weighted by molar-refractivity contribution is 5.99. The number of carbonyl (C=O) groups is 1. The Hall–Kier alpha value is -3.28. The number of hydrogen-bond acceptors (Lipinski definition) is 4. The van der Waals surface area contributed by atoms with Gasteiger partial charge in [-0.3, -0.25) is 4.79 Å². The molecule has 0 aliphatic heterocycles. The van der Waals surface area contributed by atoms with Crippen molar-refractivity contribution in [1.82, 2.24) is 9.99 Å². The zero-order chi connectivity index (χ0) is 17.8. The molecule has 3 rings (SSSR count). The van der Waals surface area contributed by atoms with Crippen LogP contribution in [0.25, 0.3) is 10.9 Å². The lowest BCUT2D eigenvalue weighted by Crippen LogP contribution is -2.20. The smallest absolute Gasteiger partial charge is 0.287 e. The van der Waals surface area contributed by atoms with Crippen molar-refractivity contribution in [2.75, 3.05) is 14.2 Å². The molecular formula is C19H19N3O3. The first-order chi connectivity index (χ1) is 12.1. The molecule has 0 spiro atoms. The van der Waals surface area contributed by atoms with Crippen molar-refractivity contribution >= 4 is 23.0 Å². The summed E-state index contributed by atoms with van der Waals surface area (Å²) in [5, 5.41) is 5.04. The molecular weight excluding hydrogens is 318 g/mol. The van der Waals surface area contributed by atoms with E-state index in [1.54, 1.807) is 32.6 Å². The lowest BCUT2D eigenvalue weighted by molar-refractivity contribution is 0.0947. The molecule has 0 atom stereocenters. The number of hydrazone groups is 1. The van der Waals surface area contributed by atoms with E-state index in [0.29, 0.717) is 17.2 Å². The summed E-state index contributed by atoms with van der Waals surface area (Å²) in [4.78, 5) is 12.4. The number of nitrogens with one attached hydrogen (secondary N) is 1. The van der Waals surface area contributed by atoms with Crippen molar-refractivity contribution in [1.29, 1.82) is 0 Å². The summed E-state index contributed by atoms with van der Waals surface area (Å²) in [5.41, 5.74) is 4.82. The number of aromatic nitrogens is 1. The molecule has 6 heteroatoms. The maximum atomic E-state index is 12.4. The van der Waals surface area contributed by atoms with Crippen LogP contribution in [0.2, 0.25) is 0 Å².